The fraction of sp³-hybridized carbons (Fsp3) is 0.500. The molecule has 5 rings (SSSR count). The Morgan fingerprint density at radius 3 is 1.55 bits per heavy atom. The predicted octanol–water partition coefficient (Wildman–Crippen LogP) is -1.67. The van der Waals surface area contributed by atoms with Crippen molar-refractivity contribution in [3.8, 4) is 5.75 Å². The molecule has 0 spiro atoms. The average Bonchev–Trinajstić information content (AvgIpc) is 2.37. The number of phenols is 1. The van der Waals surface area contributed by atoms with Crippen LogP contribution in [0.15, 0.2) is 94.9 Å². The Hall–Kier alpha value is -8.81. The van der Waals surface area contributed by atoms with Crippen LogP contribution in [0, 0.1) is 11.8 Å². The molecule has 84 heavy (non-hydrogen) atoms. The zero-order chi connectivity index (χ0) is 61.5. The zero-order valence-corrected chi connectivity index (χ0v) is 47.8. The van der Waals surface area contributed by atoms with E-state index in [4.69, 9.17) is 40.1 Å². The second-order valence-corrected chi connectivity index (χ2v) is 21.9. The summed E-state index contributed by atoms with van der Waals surface area (Å²) in [6.45, 7) is 3.83. The van der Waals surface area contributed by atoms with E-state index < -0.39 is 114 Å². The number of aromatic hydroxyl groups is 1. The number of benzene rings is 3. The molecule has 2 aliphatic rings. The molecule has 0 aromatic heterocycles. The highest BCUT2D eigenvalue weighted by molar-refractivity contribution is 5.99. The van der Waals surface area contributed by atoms with Crippen LogP contribution in [0.3, 0.4) is 0 Å². The first-order chi connectivity index (χ1) is 40.0. The SMILES string of the molecule is CC(C)C[C@H](NC(=O)[C@H](Cc1ccccc1)NC(=O)[C@@H](N)Cc1ccc(O)cc1)C(=O)N[C@@H](Cc1ccccc1)C(=O)N[C@@H](CCCN=C(N)N)C(=O)N1[C@H](C(=O)N[C@@H](CCCN=C(N)N)C(=O)N[C@@H](CC(N)=O)C(N)=O)C[C@@H]2CCCC[C@@H]21. The fourth-order valence-corrected chi connectivity index (χ4v) is 10.6. The van der Waals surface area contributed by atoms with Gasteiger partial charge in [0.05, 0.1) is 12.5 Å². The second kappa shape index (κ2) is 32.7. The summed E-state index contributed by atoms with van der Waals surface area (Å²) in [5.74, 6) is -7.63. The van der Waals surface area contributed by atoms with E-state index in [2.05, 4.69) is 41.9 Å². The number of nitrogens with zero attached hydrogens (tertiary/aromatic N) is 3. The third-order valence-corrected chi connectivity index (χ3v) is 14.7. The Kier molecular flexibility index (Phi) is 25.7. The number of hydrogen-bond acceptors (Lipinski definition) is 13. The van der Waals surface area contributed by atoms with Crippen molar-refractivity contribution < 1.29 is 48.3 Å². The second-order valence-electron chi connectivity index (χ2n) is 21.9. The molecular formula is C58H84N16O10. The van der Waals surface area contributed by atoms with Crippen LogP contribution in [0.2, 0.25) is 0 Å². The van der Waals surface area contributed by atoms with Crippen LogP contribution in [0.25, 0.3) is 0 Å². The largest absolute Gasteiger partial charge is 0.508 e. The van der Waals surface area contributed by atoms with Crippen molar-refractivity contribution in [2.24, 2.45) is 62.0 Å². The van der Waals surface area contributed by atoms with Gasteiger partial charge in [-0.2, -0.15) is 0 Å². The number of rotatable bonds is 32. The lowest BCUT2D eigenvalue weighted by molar-refractivity contribution is -0.145. The smallest absolute Gasteiger partial charge is 0.246 e. The number of primary amides is 2. The molecule has 1 heterocycles. The van der Waals surface area contributed by atoms with Gasteiger partial charge in [-0.1, -0.05) is 99.5 Å². The summed E-state index contributed by atoms with van der Waals surface area (Å²) >= 11 is 0. The number of nitrogens with one attached hydrogen (secondary N) is 6. The Morgan fingerprint density at radius 1 is 0.560 bits per heavy atom. The van der Waals surface area contributed by atoms with E-state index in [1.165, 1.54) is 17.0 Å². The molecule has 456 valence electrons. The van der Waals surface area contributed by atoms with Crippen molar-refractivity contribution in [2.45, 2.75) is 158 Å². The summed E-state index contributed by atoms with van der Waals surface area (Å²) in [6, 6.07) is 13.3. The maximum atomic E-state index is 15.4. The van der Waals surface area contributed by atoms with Gasteiger partial charge in [0.25, 0.3) is 0 Å². The number of aliphatic imine (C=N–C) groups is 2. The quantitative estimate of drug-likeness (QED) is 0.0189. The molecule has 1 aliphatic heterocycles. The third-order valence-electron chi connectivity index (χ3n) is 14.7. The van der Waals surface area contributed by atoms with Crippen molar-refractivity contribution >= 4 is 65.1 Å². The van der Waals surface area contributed by atoms with E-state index in [9.17, 15) is 38.7 Å². The summed E-state index contributed by atoms with van der Waals surface area (Å²) in [5.41, 5.74) is 41.5. The van der Waals surface area contributed by atoms with Crippen molar-refractivity contribution in [1.29, 1.82) is 0 Å². The fourth-order valence-electron chi connectivity index (χ4n) is 10.6. The normalized spacial score (nSPS) is 17.9. The minimum absolute atomic E-state index is 0.0288. The van der Waals surface area contributed by atoms with Gasteiger partial charge >= 0.3 is 0 Å². The van der Waals surface area contributed by atoms with Gasteiger partial charge in [0.15, 0.2) is 11.9 Å². The van der Waals surface area contributed by atoms with Gasteiger partial charge in [0, 0.05) is 32.0 Å². The molecular weight excluding hydrogens is 1080 g/mol. The minimum atomic E-state index is -1.50. The Balaban J connectivity index is 1.44. The molecule has 3 aromatic rings. The monoisotopic (exact) mass is 1160 g/mol. The van der Waals surface area contributed by atoms with Crippen molar-refractivity contribution in [3.63, 3.8) is 0 Å². The van der Waals surface area contributed by atoms with Crippen molar-refractivity contribution in [3.05, 3.63) is 102 Å². The molecule has 10 atom stereocenters. The number of likely N-dealkylation sites (tertiary alicyclic amines) is 1. The van der Waals surface area contributed by atoms with Crippen LogP contribution in [-0.2, 0) is 62.4 Å². The van der Waals surface area contributed by atoms with Gasteiger partial charge in [-0.15, -0.1) is 0 Å². The molecule has 0 unspecified atom stereocenters. The number of carbonyl (C=O) groups is 9. The summed E-state index contributed by atoms with van der Waals surface area (Å²) in [7, 11) is 0. The van der Waals surface area contributed by atoms with Crippen LogP contribution in [0.4, 0.5) is 0 Å². The lowest BCUT2D eigenvalue weighted by atomic mass is 9.84. The number of phenolic OH excluding ortho intramolecular Hbond substituents is 1. The topological polar surface area (TPSA) is 456 Å². The molecule has 2 fully saturated rings. The molecule has 26 nitrogen and oxygen atoms in total. The highest BCUT2D eigenvalue weighted by Crippen LogP contribution is 2.40. The van der Waals surface area contributed by atoms with Gasteiger partial charge in [0.1, 0.15) is 48.0 Å². The summed E-state index contributed by atoms with van der Waals surface area (Å²) < 4.78 is 0. The first-order valence-corrected chi connectivity index (χ1v) is 28.4. The number of amides is 9. The molecule has 9 amide bonds. The Bertz CT molecular complexity index is 2780. The number of hydrogen-bond donors (Lipinski definition) is 14. The van der Waals surface area contributed by atoms with Crippen LogP contribution in [-0.4, -0.2) is 143 Å². The molecule has 1 saturated carbocycles. The van der Waals surface area contributed by atoms with E-state index in [-0.39, 0.29) is 100 Å². The van der Waals surface area contributed by atoms with E-state index in [1.807, 2.05) is 13.8 Å². The van der Waals surface area contributed by atoms with E-state index >= 15 is 9.59 Å². The van der Waals surface area contributed by atoms with Gasteiger partial charge in [0.2, 0.25) is 53.2 Å². The third kappa shape index (κ3) is 21.2. The number of fused-ring (bicyclic) bond motifs is 1. The molecule has 26 heteroatoms. The first-order valence-electron chi connectivity index (χ1n) is 28.4. The molecule has 3 aromatic carbocycles. The highest BCUT2D eigenvalue weighted by atomic mass is 16.3. The van der Waals surface area contributed by atoms with Crippen LogP contribution in [0.5, 0.6) is 5.75 Å². The first kappa shape index (κ1) is 66.0. The summed E-state index contributed by atoms with van der Waals surface area (Å²) in [5, 5.41) is 26.3. The number of carbonyl (C=O) groups excluding carboxylic acids is 9. The van der Waals surface area contributed by atoms with Crippen LogP contribution < -0.4 is 72.0 Å². The molecule has 1 saturated heterocycles. The van der Waals surface area contributed by atoms with Crippen LogP contribution in [0.1, 0.15) is 101 Å². The lowest BCUT2D eigenvalue weighted by Gasteiger charge is -2.36. The zero-order valence-electron chi connectivity index (χ0n) is 47.8. The van der Waals surface area contributed by atoms with Crippen molar-refractivity contribution in [2.75, 3.05) is 13.1 Å². The van der Waals surface area contributed by atoms with Gasteiger partial charge in [-0.05, 0) is 98.4 Å². The molecule has 0 radical (unpaired) electrons. The van der Waals surface area contributed by atoms with Gasteiger partial charge in [-0.3, -0.25) is 53.1 Å². The maximum Gasteiger partial charge on any atom is 0.246 e. The van der Waals surface area contributed by atoms with Crippen molar-refractivity contribution in [1.82, 2.24) is 36.8 Å². The summed E-state index contributed by atoms with van der Waals surface area (Å²) in [6.07, 6.45) is 2.83. The van der Waals surface area contributed by atoms with Crippen LogP contribution >= 0.6 is 0 Å². The predicted molar refractivity (Wildman–Crippen MR) is 315 cm³/mol. The van der Waals surface area contributed by atoms with Gasteiger partial charge < -0.3 is 82.0 Å². The van der Waals surface area contributed by atoms with Gasteiger partial charge in [-0.25, -0.2) is 0 Å². The lowest BCUT2D eigenvalue weighted by Crippen LogP contribution is -2.61. The van der Waals surface area contributed by atoms with E-state index in [0.717, 1.165) is 12.8 Å². The number of nitrogens with two attached hydrogens (primary N) is 7. The highest BCUT2D eigenvalue weighted by Gasteiger charge is 2.49. The molecule has 21 N–H and O–H groups in total. The van der Waals surface area contributed by atoms with E-state index in [0.29, 0.717) is 29.5 Å². The minimum Gasteiger partial charge on any atom is -0.508 e. The van der Waals surface area contributed by atoms with E-state index in [1.54, 1.807) is 72.8 Å². The maximum absolute atomic E-state index is 15.4. The number of guanidine groups is 2. The standard InChI is InChI=1S/C58H84N16O10/c1-33(2)27-43(72-54(82)44(29-34-13-5-3-6-14-34)71-50(78)39(59)28-36-21-23-38(75)24-22-36)52(80)73-45(30-35-15-7-4-8-16-35)53(81)69-41(19-12-26-67-58(64)65)56(84)74-46-20-10-9-17-37(46)31-47(74)55(83)68-40(18-11-25-66-57(62)63)51(79)70-42(49(61)77)32-48(60)76/h3-8,13-16,21-24,33,37,39-47,75H,9-12,17-20,25-32,59H2,1-2H3,(H2,60,76)(H2,61,77)(H,68,83)(H,69,81)(H,70,79)(H,71,78)(H,72,82)(H,73,80)(H4,62,63,66)(H4,64,65,67)/t37-,39-,40-,41-,42-,43-,44-,45-,46-,47-/m0/s1. The Morgan fingerprint density at radius 2 is 1.02 bits per heavy atom. The molecule has 0 bridgehead atoms. The average molecular weight is 1170 g/mol. The Labute approximate surface area is 489 Å². The summed E-state index contributed by atoms with van der Waals surface area (Å²) in [4.78, 5) is 135. The molecule has 1 aliphatic carbocycles.